The molecule has 0 aromatic heterocycles. The van der Waals surface area contributed by atoms with Gasteiger partial charge in [0.2, 0.25) is 0 Å². The van der Waals surface area contributed by atoms with Gasteiger partial charge in [-0.3, -0.25) is 0 Å². The lowest BCUT2D eigenvalue weighted by atomic mass is 10.1. The monoisotopic (exact) mass is 225 g/mol. The Bertz CT molecular complexity index is 225. The summed E-state index contributed by atoms with van der Waals surface area (Å²) < 4.78 is 25.3. The molecule has 2 unspecified atom stereocenters. The highest BCUT2D eigenvalue weighted by molar-refractivity contribution is 8.00. The summed E-state index contributed by atoms with van der Waals surface area (Å²) in [5.41, 5.74) is 0. The Hall–Kier alpha value is -0.360. The third kappa shape index (κ3) is 2.81. The number of carbonyl (C=O) groups is 1. The summed E-state index contributed by atoms with van der Waals surface area (Å²) in [4.78, 5) is 10.1. The lowest BCUT2D eigenvalue weighted by molar-refractivity contribution is -0.164. The fourth-order valence-corrected chi connectivity index (χ4v) is 2.56. The molecule has 0 bridgehead atoms. The Morgan fingerprint density at radius 2 is 2.36 bits per heavy atom. The predicted octanol–water partition coefficient (Wildman–Crippen LogP) is 1.19. The zero-order valence-corrected chi connectivity index (χ0v) is 8.61. The van der Waals surface area contributed by atoms with Gasteiger partial charge in [-0.05, 0) is 12.2 Å². The van der Waals surface area contributed by atoms with Gasteiger partial charge in [0.05, 0.1) is 6.54 Å². The first-order chi connectivity index (χ1) is 6.43. The van der Waals surface area contributed by atoms with Crippen molar-refractivity contribution in [3.8, 4) is 0 Å². The zero-order chi connectivity index (χ0) is 10.8. The molecule has 14 heavy (non-hydrogen) atoms. The van der Waals surface area contributed by atoms with E-state index in [2.05, 4.69) is 5.32 Å². The molecule has 1 fully saturated rings. The molecule has 1 heterocycles. The van der Waals surface area contributed by atoms with E-state index in [1.807, 2.05) is 6.92 Å². The van der Waals surface area contributed by atoms with Crippen LogP contribution < -0.4 is 5.32 Å². The quantitative estimate of drug-likeness (QED) is 0.754. The second kappa shape index (κ2) is 4.44. The fraction of sp³-hybridized carbons (Fsp3) is 0.875. The normalized spacial score (nSPS) is 27.9. The Balaban J connectivity index is 2.36. The Labute approximate surface area is 85.2 Å². The maximum Gasteiger partial charge on any atom is 0.375 e. The second-order valence-electron chi connectivity index (χ2n) is 3.36. The molecule has 6 heteroatoms. The van der Waals surface area contributed by atoms with Crippen molar-refractivity contribution in [3.63, 3.8) is 0 Å². The van der Waals surface area contributed by atoms with Crippen LogP contribution in [0.25, 0.3) is 0 Å². The van der Waals surface area contributed by atoms with Gasteiger partial charge in [-0.2, -0.15) is 20.5 Å². The van der Waals surface area contributed by atoms with Crippen molar-refractivity contribution in [1.82, 2.24) is 5.32 Å². The average molecular weight is 225 g/mol. The average Bonchev–Trinajstić information content (AvgIpc) is 2.47. The lowest BCUT2D eigenvalue weighted by Gasteiger charge is -2.19. The molecule has 2 N–H and O–H groups in total. The summed E-state index contributed by atoms with van der Waals surface area (Å²) in [5, 5.41) is 11.1. The largest absolute Gasteiger partial charge is 0.477 e. The molecule has 0 spiro atoms. The fourth-order valence-electron chi connectivity index (χ4n) is 1.33. The van der Waals surface area contributed by atoms with Gasteiger partial charge < -0.3 is 10.4 Å². The van der Waals surface area contributed by atoms with E-state index in [9.17, 15) is 13.6 Å². The number of halogens is 2. The van der Waals surface area contributed by atoms with Crippen molar-refractivity contribution < 1.29 is 18.7 Å². The summed E-state index contributed by atoms with van der Waals surface area (Å²) >= 11 is 1.71. The van der Waals surface area contributed by atoms with Gasteiger partial charge in [0, 0.05) is 11.3 Å². The Morgan fingerprint density at radius 3 is 2.79 bits per heavy atom. The Morgan fingerprint density at radius 1 is 1.71 bits per heavy atom. The zero-order valence-electron chi connectivity index (χ0n) is 7.80. The summed E-state index contributed by atoms with van der Waals surface area (Å²) in [5.74, 6) is -4.78. The van der Waals surface area contributed by atoms with Gasteiger partial charge in [-0.15, -0.1) is 0 Å². The van der Waals surface area contributed by atoms with E-state index in [-0.39, 0.29) is 11.3 Å². The molecule has 82 valence electrons. The molecular formula is C8H13F2NO2S. The topological polar surface area (TPSA) is 49.3 Å². The highest BCUT2D eigenvalue weighted by Gasteiger charge is 2.39. The minimum Gasteiger partial charge on any atom is -0.477 e. The molecular weight excluding hydrogens is 212 g/mol. The molecule has 1 saturated heterocycles. The van der Waals surface area contributed by atoms with Crippen molar-refractivity contribution in [2.45, 2.75) is 30.6 Å². The van der Waals surface area contributed by atoms with Gasteiger partial charge in [-0.25, -0.2) is 4.79 Å². The van der Waals surface area contributed by atoms with E-state index in [1.54, 1.807) is 11.8 Å². The first kappa shape index (κ1) is 11.7. The van der Waals surface area contributed by atoms with Crippen molar-refractivity contribution >= 4 is 17.7 Å². The number of hydrogen-bond donors (Lipinski definition) is 2. The summed E-state index contributed by atoms with van der Waals surface area (Å²) in [6.45, 7) is 1.17. The molecule has 0 aromatic rings. The van der Waals surface area contributed by atoms with E-state index in [0.29, 0.717) is 0 Å². The number of aliphatic carboxylic acids is 1. The maximum atomic E-state index is 12.7. The van der Waals surface area contributed by atoms with Crippen LogP contribution in [-0.4, -0.2) is 40.6 Å². The molecule has 0 aliphatic carbocycles. The number of alkyl halides is 2. The van der Waals surface area contributed by atoms with Gasteiger partial charge in [0.1, 0.15) is 0 Å². The minimum absolute atomic E-state index is 0.00484. The van der Waals surface area contributed by atoms with E-state index < -0.39 is 18.4 Å². The summed E-state index contributed by atoms with van der Waals surface area (Å²) in [6.07, 6.45) is 0.821. The van der Waals surface area contributed by atoms with Crippen LogP contribution in [0.2, 0.25) is 0 Å². The van der Waals surface area contributed by atoms with E-state index in [0.717, 1.165) is 12.2 Å². The molecule has 0 aromatic carbocycles. The van der Waals surface area contributed by atoms with Gasteiger partial charge in [0.15, 0.2) is 0 Å². The number of carboxylic acid groups (broad SMARTS) is 1. The highest BCUT2D eigenvalue weighted by Crippen LogP contribution is 2.26. The van der Waals surface area contributed by atoms with Crippen molar-refractivity contribution in [2.75, 3.05) is 12.3 Å². The Kier molecular flexibility index (Phi) is 3.71. The number of hydrogen-bond acceptors (Lipinski definition) is 3. The predicted molar refractivity (Wildman–Crippen MR) is 50.9 cm³/mol. The minimum atomic E-state index is -3.66. The number of nitrogens with one attached hydrogen (secondary N) is 1. The van der Waals surface area contributed by atoms with Gasteiger partial charge in [-0.1, -0.05) is 6.92 Å². The molecule has 0 radical (unpaired) electrons. The van der Waals surface area contributed by atoms with Crippen LogP contribution in [0.15, 0.2) is 0 Å². The first-order valence-electron chi connectivity index (χ1n) is 4.39. The van der Waals surface area contributed by atoms with E-state index in [1.165, 1.54) is 0 Å². The van der Waals surface area contributed by atoms with Crippen LogP contribution in [0.1, 0.15) is 13.3 Å². The SMILES string of the molecule is CC1SCCC1NCC(F)(F)C(=O)O. The standard InChI is InChI=1S/C8H13F2NO2S/c1-5-6(2-3-14-5)11-4-8(9,10)7(12)13/h5-6,11H,2-4H2,1H3,(H,12,13). The third-order valence-corrected chi connectivity index (χ3v) is 3.60. The molecule has 1 aliphatic heterocycles. The highest BCUT2D eigenvalue weighted by atomic mass is 32.2. The first-order valence-corrected chi connectivity index (χ1v) is 5.44. The van der Waals surface area contributed by atoms with Crippen molar-refractivity contribution in [3.05, 3.63) is 0 Å². The smallest absolute Gasteiger partial charge is 0.375 e. The van der Waals surface area contributed by atoms with Crippen LogP contribution in [0, 0.1) is 0 Å². The van der Waals surface area contributed by atoms with Crippen molar-refractivity contribution in [2.24, 2.45) is 0 Å². The number of rotatable bonds is 4. The molecule has 3 nitrogen and oxygen atoms in total. The van der Waals surface area contributed by atoms with Gasteiger partial charge >= 0.3 is 11.9 Å². The van der Waals surface area contributed by atoms with Crippen LogP contribution in [0.5, 0.6) is 0 Å². The van der Waals surface area contributed by atoms with Crippen molar-refractivity contribution in [1.29, 1.82) is 0 Å². The van der Waals surface area contributed by atoms with Crippen LogP contribution in [0.4, 0.5) is 8.78 Å². The second-order valence-corrected chi connectivity index (χ2v) is 4.85. The van der Waals surface area contributed by atoms with Crippen LogP contribution in [-0.2, 0) is 4.79 Å². The summed E-state index contributed by atoms with van der Waals surface area (Å²) in [7, 11) is 0. The summed E-state index contributed by atoms with van der Waals surface area (Å²) in [6, 6.07) is 0.00484. The maximum absolute atomic E-state index is 12.7. The number of carboxylic acids is 1. The third-order valence-electron chi connectivity index (χ3n) is 2.28. The van der Waals surface area contributed by atoms with Crippen LogP contribution >= 0.6 is 11.8 Å². The molecule has 1 rings (SSSR count). The van der Waals surface area contributed by atoms with E-state index in [4.69, 9.17) is 5.11 Å². The lowest BCUT2D eigenvalue weighted by Crippen LogP contribution is -2.45. The molecule has 1 aliphatic rings. The van der Waals surface area contributed by atoms with Crippen LogP contribution in [0.3, 0.4) is 0 Å². The number of thioether (sulfide) groups is 1. The molecule has 0 saturated carbocycles. The molecule has 0 amide bonds. The van der Waals surface area contributed by atoms with E-state index >= 15 is 0 Å². The van der Waals surface area contributed by atoms with Gasteiger partial charge in [0.25, 0.3) is 0 Å². The molecule has 2 atom stereocenters.